The number of benzene rings is 1. The first-order chi connectivity index (χ1) is 14.7. The van der Waals surface area contributed by atoms with Gasteiger partial charge in [0.15, 0.2) is 11.5 Å². The first-order valence-electron chi connectivity index (χ1n) is 9.60. The van der Waals surface area contributed by atoms with E-state index in [2.05, 4.69) is 39.1 Å². The maximum Gasteiger partial charge on any atom is 0.212 e. The van der Waals surface area contributed by atoms with Gasteiger partial charge in [-0.3, -0.25) is 4.98 Å². The molecule has 30 heavy (non-hydrogen) atoms. The molecule has 0 spiro atoms. The molecule has 1 aliphatic rings. The molecule has 0 amide bonds. The minimum atomic E-state index is 0.384. The van der Waals surface area contributed by atoms with Crippen LogP contribution in [0.3, 0.4) is 0 Å². The third-order valence-corrected chi connectivity index (χ3v) is 4.92. The van der Waals surface area contributed by atoms with E-state index in [9.17, 15) is 0 Å². The molecular formula is C23H24N4O3. The molecule has 7 heteroatoms. The van der Waals surface area contributed by atoms with E-state index in [-0.39, 0.29) is 0 Å². The van der Waals surface area contributed by atoms with Crippen LogP contribution in [0.5, 0.6) is 17.4 Å². The van der Waals surface area contributed by atoms with Crippen LogP contribution in [0.1, 0.15) is 11.1 Å². The average Bonchev–Trinajstić information content (AvgIpc) is 3.29. The van der Waals surface area contributed by atoms with Gasteiger partial charge in [0, 0.05) is 60.1 Å². The molecule has 1 aliphatic heterocycles. The molecule has 154 valence electrons. The number of aromatic nitrogens is 2. The SMILES string of the molecule is COc1ccc(COc2cc(N3C=CN(c4ccncc4)C3)c(C)cc2OC)cn1. The van der Waals surface area contributed by atoms with Crippen molar-refractivity contribution in [2.75, 3.05) is 30.7 Å². The smallest absolute Gasteiger partial charge is 0.212 e. The van der Waals surface area contributed by atoms with Gasteiger partial charge in [-0.15, -0.1) is 0 Å². The number of rotatable bonds is 7. The van der Waals surface area contributed by atoms with Gasteiger partial charge in [0.25, 0.3) is 0 Å². The summed E-state index contributed by atoms with van der Waals surface area (Å²) >= 11 is 0. The molecule has 1 aromatic carbocycles. The summed E-state index contributed by atoms with van der Waals surface area (Å²) < 4.78 is 16.7. The third kappa shape index (κ3) is 4.15. The van der Waals surface area contributed by atoms with Gasteiger partial charge in [-0.2, -0.15) is 0 Å². The zero-order valence-electron chi connectivity index (χ0n) is 17.3. The lowest BCUT2D eigenvalue weighted by molar-refractivity contribution is 0.283. The number of pyridine rings is 2. The van der Waals surface area contributed by atoms with Crippen molar-refractivity contribution < 1.29 is 14.2 Å². The number of aryl methyl sites for hydroxylation is 1. The van der Waals surface area contributed by atoms with Crippen LogP contribution in [0.4, 0.5) is 11.4 Å². The molecule has 7 nitrogen and oxygen atoms in total. The van der Waals surface area contributed by atoms with Crippen molar-refractivity contribution in [3.05, 3.63) is 78.5 Å². The Labute approximate surface area is 176 Å². The second-order valence-electron chi connectivity index (χ2n) is 6.87. The Bertz CT molecular complexity index is 1020. The summed E-state index contributed by atoms with van der Waals surface area (Å²) in [7, 11) is 3.25. The van der Waals surface area contributed by atoms with Crippen LogP contribution >= 0.6 is 0 Å². The Balaban J connectivity index is 1.52. The maximum atomic E-state index is 6.08. The number of nitrogens with zero attached hydrogens (tertiary/aromatic N) is 4. The predicted octanol–water partition coefficient (Wildman–Crippen LogP) is 4.14. The lowest BCUT2D eigenvalue weighted by Crippen LogP contribution is -2.25. The molecule has 3 aromatic rings. The second kappa shape index (κ2) is 8.73. The first kappa shape index (κ1) is 19.6. The Morgan fingerprint density at radius 3 is 2.43 bits per heavy atom. The number of methoxy groups -OCH3 is 2. The van der Waals surface area contributed by atoms with Crippen LogP contribution in [-0.2, 0) is 6.61 Å². The minimum absolute atomic E-state index is 0.384. The summed E-state index contributed by atoms with van der Waals surface area (Å²) in [6.45, 7) is 3.16. The van der Waals surface area contributed by atoms with Crippen molar-refractivity contribution in [1.82, 2.24) is 9.97 Å². The molecule has 0 N–H and O–H groups in total. The summed E-state index contributed by atoms with van der Waals surface area (Å²) in [5.74, 6) is 1.96. The van der Waals surface area contributed by atoms with E-state index in [4.69, 9.17) is 14.2 Å². The summed E-state index contributed by atoms with van der Waals surface area (Å²) in [5, 5.41) is 0. The van der Waals surface area contributed by atoms with E-state index in [1.165, 1.54) is 0 Å². The predicted molar refractivity (Wildman–Crippen MR) is 116 cm³/mol. The van der Waals surface area contributed by atoms with Gasteiger partial charge in [-0.05, 0) is 36.8 Å². The second-order valence-corrected chi connectivity index (χ2v) is 6.87. The quantitative estimate of drug-likeness (QED) is 0.587. The van der Waals surface area contributed by atoms with Gasteiger partial charge in [-0.25, -0.2) is 4.98 Å². The van der Waals surface area contributed by atoms with Gasteiger partial charge in [0.05, 0.1) is 20.9 Å². The molecule has 2 aromatic heterocycles. The van der Waals surface area contributed by atoms with E-state index in [0.717, 1.165) is 22.5 Å². The minimum Gasteiger partial charge on any atom is -0.493 e. The Kier molecular flexibility index (Phi) is 5.70. The van der Waals surface area contributed by atoms with Crippen molar-refractivity contribution in [1.29, 1.82) is 0 Å². The van der Waals surface area contributed by atoms with Crippen molar-refractivity contribution in [2.24, 2.45) is 0 Å². The van der Waals surface area contributed by atoms with Crippen molar-refractivity contribution in [3.63, 3.8) is 0 Å². The van der Waals surface area contributed by atoms with E-state index in [1.54, 1.807) is 32.8 Å². The first-order valence-corrected chi connectivity index (χ1v) is 9.60. The van der Waals surface area contributed by atoms with Crippen molar-refractivity contribution >= 4 is 11.4 Å². The molecule has 0 radical (unpaired) electrons. The lowest BCUT2D eigenvalue weighted by atomic mass is 10.1. The zero-order chi connectivity index (χ0) is 20.9. The molecule has 0 bridgehead atoms. The van der Waals surface area contributed by atoms with Crippen LogP contribution < -0.4 is 24.0 Å². The summed E-state index contributed by atoms with van der Waals surface area (Å²) in [6.07, 6.45) is 9.46. The fourth-order valence-corrected chi connectivity index (χ4v) is 3.29. The van der Waals surface area contributed by atoms with E-state index in [0.29, 0.717) is 30.7 Å². The maximum absolute atomic E-state index is 6.08. The van der Waals surface area contributed by atoms with Crippen LogP contribution in [0.15, 0.2) is 67.4 Å². The summed E-state index contributed by atoms with van der Waals surface area (Å²) in [4.78, 5) is 12.6. The van der Waals surface area contributed by atoms with Crippen LogP contribution in [0.2, 0.25) is 0 Å². The fraction of sp³-hybridized carbons (Fsp3) is 0.217. The Morgan fingerprint density at radius 2 is 1.73 bits per heavy atom. The highest BCUT2D eigenvalue weighted by molar-refractivity contribution is 5.66. The molecule has 0 saturated carbocycles. The molecule has 0 atom stereocenters. The van der Waals surface area contributed by atoms with Crippen LogP contribution in [-0.4, -0.2) is 30.9 Å². The number of ether oxygens (including phenoxy) is 3. The molecule has 0 fully saturated rings. The molecule has 0 aliphatic carbocycles. The topological polar surface area (TPSA) is 60.0 Å². The molecule has 0 saturated heterocycles. The highest BCUT2D eigenvalue weighted by atomic mass is 16.5. The molecule has 3 heterocycles. The Hall–Kier alpha value is -3.74. The van der Waals surface area contributed by atoms with E-state index < -0.39 is 0 Å². The zero-order valence-corrected chi connectivity index (χ0v) is 17.3. The molecule has 4 rings (SSSR count). The van der Waals surface area contributed by atoms with Crippen molar-refractivity contribution in [3.8, 4) is 17.4 Å². The highest BCUT2D eigenvalue weighted by Crippen LogP contribution is 2.37. The molecule has 0 unspecified atom stereocenters. The number of hydrogen-bond donors (Lipinski definition) is 0. The van der Waals surface area contributed by atoms with Gasteiger partial charge in [0.2, 0.25) is 5.88 Å². The summed E-state index contributed by atoms with van der Waals surface area (Å²) in [5.41, 5.74) is 4.21. The molecular weight excluding hydrogens is 380 g/mol. The monoisotopic (exact) mass is 404 g/mol. The third-order valence-electron chi connectivity index (χ3n) is 4.92. The fourth-order valence-electron chi connectivity index (χ4n) is 3.29. The van der Waals surface area contributed by atoms with Crippen molar-refractivity contribution in [2.45, 2.75) is 13.5 Å². The van der Waals surface area contributed by atoms with E-state index in [1.807, 2.05) is 36.4 Å². The average molecular weight is 404 g/mol. The van der Waals surface area contributed by atoms with Gasteiger partial charge in [-0.1, -0.05) is 0 Å². The lowest BCUT2D eigenvalue weighted by Gasteiger charge is -2.24. The number of anilines is 2. The highest BCUT2D eigenvalue weighted by Gasteiger charge is 2.19. The van der Waals surface area contributed by atoms with Gasteiger partial charge in [0.1, 0.15) is 6.61 Å². The van der Waals surface area contributed by atoms with Crippen LogP contribution in [0.25, 0.3) is 0 Å². The summed E-state index contributed by atoms with van der Waals surface area (Å²) in [6, 6.07) is 11.8. The number of hydrogen-bond acceptors (Lipinski definition) is 7. The van der Waals surface area contributed by atoms with Gasteiger partial charge < -0.3 is 24.0 Å². The Morgan fingerprint density at radius 1 is 0.933 bits per heavy atom. The van der Waals surface area contributed by atoms with Gasteiger partial charge >= 0.3 is 0 Å². The van der Waals surface area contributed by atoms with Crippen LogP contribution in [0, 0.1) is 6.92 Å². The normalized spacial score (nSPS) is 12.9. The largest absolute Gasteiger partial charge is 0.493 e. The van der Waals surface area contributed by atoms with E-state index >= 15 is 0 Å². The standard InChI is InChI=1S/C23H24N4O3/c1-17-12-21(28-2)22(30-15-18-4-5-23(29-3)25-14-18)13-20(17)27-11-10-26(16-27)19-6-8-24-9-7-19/h4-14H,15-16H2,1-3H3.